The van der Waals surface area contributed by atoms with Crippen molar-refractivity contribution in [2.24, 2.45) is 0 Å². The van der Waals surface area contributed by atoms with Crippen molar-refractivity contribution in [1.82, 2.24) is 10.3 Å². The van der Waals surface area contributed by atoms with Gasteiger partial charge in [-0.05, 0) is 29.7 Å². The van der Waals surface area contributed by atoms with Gasteiger partial charge in [-0.1, -0.05) is 78.9 Å². The fraction of sp³-hybridized carbons (Fsp3) is 0.136. The van der Waals surface area contributed by atoms with Crippen LogP contribution in [0.2, 0.25) is 0 Å². The predicted molar refractivity (Wildman–Crippen MR) is 103 cm³/mol. The molecule has 1 aliphatic heterocycles. The van der Waals surface area contributed by atoms with Gasteiger partial charge < -0.3 is 0 Å². The van der Waals surface area contributed by atoms with Crippen LogP contribution in [0.5, 0.6) is 0 Å². The van der Waals surface area contributed by atoms with Gasteiger partial charge in [0.15, 0.2) is 0 Å². The van der Waals surface area contributed by atoms with E-state index in [1.807, 2.05) is 78.9 Å². The van der Waals surface area contributed by atoms with Gasteiger partial charge in [-0.25, -0.2) is 5.01 Å². The van der Waals surface area contributed by atoms with Crippen molar-refractivity contribution in [3.05, 3.63) is 102 Å². The molecular formula is C22H21N3O. The molecule has 130 valence electrons. The van der Waals surface area contributed by atoms with Crippen molar-refractivity contribution in [1.29, 1.82) is 0 Å². The molecule has 0 saturated carbocycles. The number of amides is 1. The Balaban J connectivity index is 1.61. The maximum absolute atomic E-state index is 13.1. The number of nitrogens with zero attached hydrogens (tertiary/aromatic N) is 1. The van der Waals surface area contributed by atoms with E-state index in [-0.39, 0.29) is 18.1 Å². The van der Waals surface area contributed by atoms with Crippen LogP contribution in [-0.2, 0) is 11.2 Å². The smallest absolute Gasteiger partial charge is 0.260 e. The van der Waals surface area contributed by atoms with E-state index in [2.05, 4.69) is 22.9 Å². The minimum Gasteiger partial charge on any atom is -0.294 e. The van der Waals surface area contributed by atoms with Gasteiger partial charge in [0.2, 0.25) is 0 Å². The molecule has 0 bridgehead atoms. The lowest BCUT2D eigenvalue weighted by molar-refractivity contribution is -0.128. The lowest BCUT2D eigenvalue weighted by atomic mass is 10.1. The van der Waals surface area contributed by atoms with Crippen LogP contribution in [-0.4, -0.2) is 17.0 Å². The van der Waals surface area contributed by atoms with Gasteiger partial charge in [0, 0.05) is 0 Å². The quantitative estimate of drug-likeness (QED) is 0.741. The fourth-order valence-electron chi connectivity index (χ4n) is 3.28. The van der Waals surface area contributed by atoms with Crippen LogP contribution in [0.4, 0.5) is 5.69 Å². The molecule has 1 unspecified atom stereocenters. The number of benzene rings is 3. The molecule has 26 heavy (non-hydrogen) atoms. The lowest BCUT2D eigenvalue weighted by Gasteiger charge is -2.25. The predicted octanol–water partition coefficient (Wildman–Crippen LogP) is 3.76. The molecule has 4 rings (SSSR count). The molecule has 0 radical (unpaired) electrons. The monoisotopic (exact) mass is 343 g/mol. The summed E-state index contributed by atoms with van der Waals surface area (Å²) in [5.41, 5.74) is 6.37. The second-order valence-electron chi connectivity index (χ2n) is 6.41. The van der Waals surface area contributed by atoms with Crippen LogP contribution in [0.15, 0.2) is 91.0 Å². The van der Waals surface area contributed by atoms with Gasteiger partial charge in [-0.2, -0.15) is 0 Å². The summed E-state index contributed by atoms with van der Waals surface area (Å²) in [4.78, 5) is 13.1. The van der Waals surface area contributed by atoms with Crippen LogP contribution in [0.1, 0.15) is 17.3 Å². The zero-order chi connectivity index (χ0) is 17.8. The van der Waals surface area contributed by atoms with Gasteiger partial charge in [0.25, 0.3) is 5.91 Å². The van der Waals surface area contributed by atoms with Gasteiger partial charge in [0.05, 0.1) is 11.7 Å². The summed E-state index contributed by atoms with van der Waals surface area (Å²) < 4.78 is 0. The molecule has 3 aromatic carbocycles. The number of carbonyl (C=O) groups excluding carboxylic acids is 1. The third-order valence-electron chi connectivity index (χ3n) is 4.57. The highest BCUT2D eigenvalue weighted by atomic mass is 16.2. The van der Waals surface area contributed by atoms with Crippen molar-refractivity contribution >= 4 is 11.6 Å². The largest absolute Gasteiger partial charge is 0.294 e. The van der Waals surface area contributed by atoms with Crippen LogP contribution in [0.25, 0.3) is 0 Å². The Hall–Kier alpha value is -3.11. The summed E-state index contributed by atoms with van der Waals surface area (Å²) in [5.74, 6) is 0.0477. The Morgan fingerprint density at radius 2 is 1.38 bits per heavy atom. The van der Waals surface area contributed by atoms with E-state index in [1.165, 1.54) is 0 Å². The van der Waals surface area contributed by atoms with E-state index in [0.29, 0.717) is 6.42 Å². The molecule has 1 heterocycles. The van der Waals surface area contributed by atoms with Crippen molar-refractivity contribution in [2.45, 2.75) is 18.6 Å². The first-order valence-corrected chi connectivity index (χ1v) is 8.81. The summed E-state index contributed by atoms with van der Waals surface area (Å²) in [6.45, 7) is 0. The molecule has 1 fully saturated rings. The number of hydrazine groups is 1. The minimum atomic E-state index is -0.265. The second kappa shape index (κ2) is 7.42. The Bertz CT molecular complexity index is 852. The van der Waals surface area contributed by atoms with Crippen molar-refractivity contribution in [3.63, 3.8) is 0 Å². The second-order valence-corrected chi connectivity index (χ2v) is 6.41. The van der Waals surface area contributed by atoms with Crippen molar-refractivity contribution in [2.75, 3.05) is 5.43 Å². The van der Waals surface area contributed by atoms with Gasteiger partial charge in [-0.15, -0.1) is 0 Å². The minimum absolute atomic E-state index is 0.0477. The Kier molecular flexibility index (Phi) is 4.67. The van der Waals surface area contributed by atoms with Crippen molar-refractivity contribution in [3.8, 4) is 0 Å². The highest BCUT2D eigenvalue weighted by Gasteiger charge is 2.40. The number of anilines is 1. The Labute approximate surface area is 153 Å². The number of rotatable bonds is 5. The maximum Gasteiger partial charge on any atom is 0.260 e. The van der Waals surface area contributed by atoms with Gasteiger partial charge in [-0.3, -0.25) is 15.5 Å². The third kappa shape index (κ3) is 3.46. The number of carbonyl (C=O) groups is 1. The number of nitrogens with one attached hydrogen (secondary N) is 2. The summed E-state index contributed by atoms with van der Waals surface area (Å²) in [7, 11) is 0. The van der Waals surface area contributed by atoms with Crippen molar-refractivity contribution < 1.29 is 4.79 Å². The molecular weight excluding hydrogens is 322 g/mol. The van der Waals surface area contributed by atoms with Crippen LogP contribution in [0.3, 0.4) is 0 Å². The standard InChI is InChI=1S/C22H21N3O/c26-22-20(16-17-10-4-1-5-11-17)23-21(18-12-6-2-7-13-18)25(22)24-19-14-8-3-9-15-19/h1-15,20-21,23-24H,16H2/t20-,21?/m0/s1. The molecule has 0 spiro atoms. The van der Waals surface area contributed by atoms with E-state index in [9.17, 15) is 4.79 Å². The molecule has 1 amide bonds. The number of hydrogen-bond donors (Lipinski definition) is 2. The fourth-order valence-corrected chi connectivity index (χ4v) is 3.28. The average molecular weight is 343 g/mol. The highest BCUT2D eigenvalue weighted by molar-refractivity contribution is 5.86. The molecule has 0 aliphatic carbocycles. The summed E-state index contributed by atoms with van der Waals surface area (Å²) in [6, 6.07) is 29.7. The third-order valence-corrected chi connectivity index (χ3v) is 4.57. The number of para-hydroxylation sites is 1. The van der Waals surface area contributed by atoms with Crippen LogP contribution in [0, 0.1) is 0 Å². The molecule has 2 atom stereocenters. The molecule has 2 N–H and O–H groups in total. The topological polar surface area (TPSA) is 44.4 Å². The van der Waals surface area contributed by atoms with E-state index in [4.69, 9.17) is 0 Å². The zero-order valence-corrected chi connectivity index (χ0v) is 14.4. The lowest BCUT2D eigenvalue weighted by Crippen LogP contribution is -2.36. The summed E-state index contributed by atoms with van der Waals surface area (Å²) in [5, 5.41) is 5.20. The highest BCUT2D eigenvalue weighted by Crippen LogP contribution is 2.27. The first-order chi connectivity index (χ1) is 12.8. The zero-order valence-electron chi connectivity index (χ0n) is 14.4. The summed E-state index contributed by atoms with van der Waals surface area (Å²) in [6.07, 6.45) is 0.452. The Morgan fingerprint density at radius 3 is 2.04 bits per heavy atom. The van der Waals surface area contributed by atoms with E-state index in [0.717, 1.165) is 16.8 Å². The molecule has 4 heteroatoms. The molecule has 4 nitrogen and oxygen atoms in total. The summed E-state index contributed by atoms with van der Waals surface area (Å²) >= 11 is 0. The first kappa shape index (κ1) is 16.4. The normalized spacial score (nSPS) is 19.5. The maximum atomic E-state index is 13.1. The van der Waals surface area contributed by atoms with E-state index < -0.39 is 0 Å². The average Bonchev–Trinajstić information content (AvgIpc) is 3.00. The van der Waals surface area contributed by atoms with Gasteiger partial charge >= 0.3 is 0 Å². The Morgan fingerprint density at radius 1 is 0.808 bits per heavy atom. The molecule has 3 aromatic rings. The first-order valence-electron chi connectivity index (χ1n) is 8.81. The van der Waals surface area contributed by atoms with E-state index >= 15 is 0 Å². The molecule has 0 aromatic heterocycles. The van der Waals surface area contributed by atoms with Crippen LogP contribution < -0.4 is 10.7 Å². The molecule has 1 saturated heterocycles. The SMILES string of the molecule is O=C1[C@H](Cc2ccccc2)NC(c2ccccc2)N1Nc1ccccc1. The number of hydrogen-bond acceptors (Lipinski definition) is 3. The van der Waals surface area contributed by atoms with E-state index in [1.54, 1.807) is 5.01 Å². The molecule has 1 aliphatic rings. The van der Waals surface area contributed by atoms with Gasteiger partial charge in [0.1, 0.15) is 6.17 Å². The van der Waals surface area contributed by atoms with Crippen LogP contribution >= 0.6 is 0 Å².